The lowest BCUT2D eigenvalue weighted by Gasteiger charge is -2.36. The number of hydrogen-bond donors (Lipinski definition) is 1. The van der Waals surface area contributed by atoms with Crippen molar-refractivity contribution < 1.29 is 9.59 Å². The molecule has 1 fully saturated rings. The van der Waals surface area contributed by atoms with Crippen molar-refractivity contribution in [2.24, 2.45) is 5.92 Å². The van der Waals surface area contributed by atoms with Gasteiger partial charge in [0, 0.05) is 46.8 Å². The topological polar surface area (TPSA) is 55.9 Å². The molecule has 1 aliphatic heterocycles. The second kappa shape index (κ2) is 9.54. The molecule has 0 aromatic heterocycles. The molecule has 22 heavy (non-hydrogen) atoms. The van der Waals surface area contributed by atoms with E-state index in [1.165, 1.54) is 19.3 Å². The first-order chi connectivity index (χ1) is 10.5. The zero-order valence-corrected chi connectivity index (χ0v) is 14.6. The van der Waals surface area contributed by atoms with Crippen molar-refractivity contribution in [2.75, 3.05) is 46.8 Å². The molecule has 1 rings (SSSR count). The average molecular weight is 312 g/mol. The van der Waals surface area contributed by atoms with Crippen LogP contribution in [0.3, 0.4) is 0 Å². The summed E-state index contributed by atoms with van der Waals surface area (Å²) in [5, 5.41) is 3.05. The summed E-state index contributed by atoms with van der Waals surface area (Å²) in [5.41, 5.74) is 0. The van der Waals surface area contributed by atoms with E-state index in [2.05, 4.69) is 19.2 Å². The predicted molar refractivity (Wildman–Crippen MR) is 88.9 cm³/mol. The van der Waals surface area contributed by atoms with Crippen molar-refractivity contribution in [3.05, 3.63) is 0 Å². The van der Waals surface area contributed by atoms with E-state index in [1.807, 2.05) is 4.90 Å². The molecular weight excluding hydrogens is 280 g/mol. The summed E-state index contributed by atoms with van der Waals surface area (Å²) in [6.07, 6.45) is 4.70. The molecule has 0 spiro atoms. The van der Waals surface area contributed by atoms with Crippen LogP contribution in [0.4, 0.5) is 9.59 Å². The van der Waals surface area contributed by atoms with Crippen LogP contribution >= 0.6 is 0 Å². The minimum absolute atomic E-state index is 0.00639. The molecule has 0 aromatic rings. The Hall–Kier alpha value is -1.46. The Morgan fingerprint density at radius 3 is 2.18 bits per heavy atom. The zero-order valence-electron chi connectivity index (χ0n) is 14.6. The SMILES string of the molecule is CCCCC(CC)CNC(=O)N1CCN(C(=O)N(C)C)CC1. The van der Waals surface area contributed by atoms with Crippen LogP contribution in [-0.4, -0.2) is 73.6 Å². The monoisotopic (exact) mass is 312 g/mol. The number of hydrogen-bond acceptors (Lipinski definition) is 2. The maximum absolute atomic E-state index is 12.2. The fourth-order valence-corrected chi connectivity index (χ4v) is 2.67. The Morgan fingerprint density at radius 1 is 1.09 bits per heavy atom. The highest BCUT2D eigenvalue weighted by molar-refractivity contribution is 5.76. The lowest BCUT2D eigenvalue weighted by Crippen LogP contribution is -2.55. The Morgan fingerprint density at radius 2 is 1.68 bits per heavy atom. The lowest BCUT2D eigenvalue weighted by molar-refractivity contribution is 0.128. The molecule has 1 atom stereocenters. The standard InChI is InChI=1S/C16H32N4O2/c1-5-7-8-14(6-2)13-17-15(21)19-9-11-20(12-10-19)16(22)18(3)4/h14H,5-13H2,1-4H3,(H,17,21). The van der Waals surface area contributed by atoms with E-state index in [1.54, 1.807) is 23.9 Å². The van der Waals surface area contributed by atoms with Gasteiger partial charge in [0.15, 0.2) is 0 Å². The minimum Gasteiger partial charge on any atom is -0.338 e. The number of piperazine rings is 1. The molecule has 4 amide bonds. The van der Waals surface area contributed by atoms with E-state index in [4.69, 9.17) is 0 Å². The molecule has 0 saturated carbocycles. The summed E-state index contributed by atoms with van der Waals surface area (Å²) in [4.78, 5) is 29.2. The van der Waals surface area contributed by atoms with E-state index in [0.29, 0.717) is 32.1 Å². The smallest absolute Gasteiger partial charge is 0.319 e. The van der Waals surface area contributed by atoms with Gasteiger partial charge in [0.2, 0.25) is 0 Å². The van der Waals surface area contributed by atoms with Crippen molar-refractivity contribution in [2.45, 2.75) is 39.5 Å². The number of rotatable bonds is 6. The van der Waals surface area contributed by atoms with Gasteiger partial charge in [-0.25, -0.2) is 9.59 Å². The molecule has 1 saturated heterocycles. The Kier molecular flexibility index (Phi) is 8.06. The highest BCUT2D eigenvalue weighted by atomic mass is 16.2. The summed E-state index contributed by atoms with van der Waals surface area (Å²) in [6, 6.07) is 0.0255. The summed E-state index contributed by atoms with van der Waals surface area (Å²) < 4.78 is 0. The van der Waals surface area contributed by atoms with Crippen molar-refractivity contribution in [3.63, 3.8) is 0 Å². The van der Waals surface area contributed by atoms with Gasteiger partial charge in [0.05, 0.1) is 0 Å². The molecule has 1 unspecified atom stereocenters. The first kappa shape index (κ1) is 18.6. The van der Waals surface area contributed by atoms with E-state index >= 15 is 0 Å². The van der Waals surface area contributed by atoms with Crippen LogP contribution in [0.2, 0.25) is 0 Å². The number of carbonyl (C=O) groups is 2. The van der Waals surface area contributed by atoms with E-state index < -0.39 is 0 Å². The lowest BCUT2D eigenvalue weighted by atomic mass is 9.99. The fourth-order valence-electron chi connectivity index (χ4n) is 2.67. The number of nitrogens with one attached hydrogen (secondary N) is 1. The summed E-state index contributed by atoms with van der Waals surface area (Å²) in [6.45, 7) is 7.56. The molecule has 1 heterocycles. The second-order valence-electron chi connectivity index (χ2n) is 6.25. The number of amides is 4. The number of nitrogens with zero attached hydrogens (tertiary/aromatic N) is 3. The van der Waals surface area contributed by atoms with Gasteiger partial charge in [-0.15, -0.1) is 0 Å². The van der Waals surface area contributed by atoms with Crippen LogP contribution in [0.1, 0.15) is 39.5 Å². The molecule has 0 aliphatic carbocycles. The number of urea groups is 2. The van der Waals surface area contributed by atoms with E-state index in [0.717, 1.165) is 13.0 Å². The van der Waals surface area contributed by atoms with Gasteiger partial charge in [0.25, 0.3) is 0 Å². The van der Waals surface area contributed by atoms with Crippen LogP contribution in [0.5, 0.6) is 0 Å². The largest absolute Gasteiger partial charge is 0.338 e. The highest BCUT2D eigenvalue weighted by Crippen LogP contribution is 2.11. The third-order valence-electron chi connectivity index (χ3n) is 4.31. The third kappa shape index (κ3) is 5.73. The van der Waals surface area contributed by atoms with Gasteiger partial charge in [-0.05, 0) is 12.3 Å². The van der Waals surface area contributed by atoms with Crippen molar-refractivity contribution in [3.8, 4) is 0 Å². The molecule has 6 heteroatoms. The van der Waals surface area contributed by atoms with Crippen LogP contribution in [0.25, 0.3) is 0 Å². The molecule has 0 aromatic carbocycles. The van der Waals surface area contributed by atoms with Crippen LogP contribution in [-0.2, 0) is 0 Å². The summed E-state index contributed by atoms with van der Waals surface area (Å²) >= 11 is 0. The quantitative estimate of drug-likeness (QED) is 0.817. The first-order valence-corrected chi connectivity index (χ1v) is 8.48. The maximum Gasteiger partial charge on any atom is 0.319 e. The van der Waals surface area contributed by atoms with Crippen LogP contribution in [0.15, 0.2) is 0 Å². The number of carbonyl (C=O) groups excluding carboxylic acids is 2. The van der Waals surface area contributed by atoms with Gasteiger partial charge in [-0.1, -0.05) is 33.1 Å². The van der Waals surface area contributed by atoms with Crippen molar-refractivity contribution in [1.29, 1.82) is 0 Å². The second-order valence-corrected chi connectivity index (χ2v) is 6.25. The summed E-state index contributed by atoms with van der Waals surface area (Å²) in [7, 11) is 3.51. The van der Waals surface area contributed by atoms with E-state index in [-0.39, 0.29) is 12.1 Å². The molecule has 1 N–H and O–H groups in total. The normalized spacial score (nSPS) is 16.4. The molecule has 6 nitrogen and oxygen atoms in total. The zero-order chi connectivity index (χ0) is 16.5. The van der Waals surface area contributed by atoms with Gasteiger partial charge < -0.3 is 20.0 Å². The highest BCUT2D eigenvalue weighted by Gasteiger charge is 2.25. The minimum atomic E-state index is 0.00639. The van der Waals surface area contributed by atoms with Crippen LogP contribution in [0, 0.1) is 5.92 Å². The van der Waals surface area contributed by atoms with E-state index in [9.17, 15) is 9.59 Å². The Bertz CT molecular complexity index is 352. The molecule has 0 radical (unpaired) electrons. The van der Waals surface area contributed by atoms with Crippen molar-refractivity contribution in [1.82, 2.24) is 20.0 Å². The molecule has 1 aliphatic rings. The summed E-state index contributed by atoms with van der Waals surface area (Å²) in [5.74, 6) is 0.570. The van der Waals surface area contributed by atoms with Crippen molar-refractivity contribution >= 4 is 12.1 Å². The maximum atomic E-state index is 12.2. The van der Waals surface area contributed by atoms with Gasteiger partial charge >= 0.3 is 12.1 Å². The van der Waals surface area contributed by atoms with Gasteiger partial charge in [0.1, 0.15) is 0 Å². The Balaban J connectivity index is 2.31. The Labute approximate surface area is 134 Å². The van der Waals surface area contributed by atoms with Crippen LogP contribution < -0.4 is 5.32 Å². The van der Waals surface area contributed by atoms with Gasteiger partial charge in [-0.2, -0.15) is 0 Å². The molecule has 128 valence electrons. The number of unbranched alkanes of at least 4 members (excludes halogenated alkanes) is 1. The third-order valence-corrected chi connectivity index (χ3v) is 4.31. The molecular formula is C16H32N4O2. The first-order valence-electron chi connectivity index (χ1n) is 8.48. The predicted octanol–water partition coefficient (Wildman–Crippen LogP) is 2.21. The van der Waals surface area contributed by atoms with Gasteiger partial charge in [-0.3, -0.25) is 0 Å². The fraction of sp³-hybridized carbons (Fsp3) is 0.875. The molecule has 0 bridgehead atoms. The average Bonchev–Trinajstić information content (AvgIpc) is 2.54.